The number of nitrogens with zero attached hydrogens (tertiary/aromatic N) is 4. The summed E-state index contributed by atoms with van der Waals surface area (Å²) in [7, 11) is 1.50. The van der Waals surface area contributed by atoms with Crippen LogP contribution < -0.4 is 5.73 Å². The van der Waals surface area contributed by atoms with Gasteiger partial charge in [-0.05, 0) is 0 Å². The Labute approximate surface area is 114 Å². The van der Waals surface area contributed by atoms with Crippen molar-refractivity contribution in [1.29, 1.82) is 0 Å². The minimum absolute atomic E-state index is 0.179. The first-order valence-electron chi connectivity index (χ1n) is 6.07. The number of aromatic nitrogens is 4. The fourth-order valence-corrected chi connectivity index (χ4v) is 2.32. The first kappa shape index (κ1) is 13.2. The largest absolute Gasteiger partial charge is 0.387 e. The van der Waals surface area contributed by atoms with Crippen molar-refractivity contribution in [3.8, 4) is 0 Å². The molecule has 3 heterocycles. The van der Waals surface area contributed by atoms with Gasteiger partial charge in [0.05, 0.1) is 12.9 Å². The molecule has 2 aromatic heterocycles. The summed E-state index contributed by atoms with van der Waals surface area (Å²) in [5.41, 5.74) is 6.57. The van der Waals surface area contributed by atoms with E-state index in [1.807, 2.05) is 0 Å². The lowest BCUT2D eigenvalue weighted by molar-refractivity contribution is -0.0580. The number of nitrogen functional groups attached to an aromatic ring is 1. The third-order valence-electron chi connectivity index (χ3n) is 3.33. The summed E-state index contributed by atoms with van der Waals surface area (Å²) in [6.45, 7) is 0.179. The van der Waals surface area contributed by atoms with E-state index in [4.69, 9.17) is 15.2 Å². The van der Waals surface area contributed by atoms with Crippen LogP contribution in [0.15, 0.2) is 12.7 Å². The second-order valence-electron chi connectivity index (χ2n) is 4.58. The molecule has 1 fully saturated rings. The van der Waals surface area contributed by atoms with Gasteiger partial charge in [0, 0.05) is 7.11 Å². The molecule has 1 aliphatic heterocycles. The Morgan fingerprint density at radius 1 is 1.35 bits per heavy atom. The molecule has 3 rings (SSSR count). The maximum Gasteiger partial charge on any atom is 0.167 e. The van der Waals surface area contributed by atoms with E-state index in [0.717, 1.165) is 0 Å². The molecule has 9 heteroatoms. The molecule has 20 heavy (non-hydrogen) atoms. The summed E-state index contributed by atoms with van der Waals surface area (Å²) >= 11 is 0. The van der Waals surface area contributed by atoms with Gasteiger partial charge in [-0.1, -0.05) is 0 Å². The summed E-state index contributed by atoms with van der Waals surface area (Å²) in [6.07, 6.45) is -0.812. The molecule has 0 aromatic carbocycles. The molecular formula is C11H15N5O4. The zero-order valence-electron chi connectivity index (χ0n) is 10.7. The molecule has 2 unspecified atom stereocenters. The van der Waals surface area contributed by atoms with Crippen molar-refractivity contribution in [1.82, 2.24) is 19.5 Å². The molecule has 1 aliphatic rings. The van der Waals surface area contributed by atoms with Gasteiger partial charge in [-0.3, -0.25) is 4.57 Å². The molecule has 0 bridgehead atoms. The molecule has 4 N–H and O–H groups in total. The van der Waals surface area contributed by atoms with Gasteiger partial charge < -0.3 is 25.4 Å². The van der Waals surface area contributed by atoms with E-state index >= 15 is 0 Å². The topological polar surface area (TPSA) is 129 Å². The quantitative estimate of drug-likeness (QED) is 0.631. The number of ether oxygens (including phenoxy) is 2. The molecule has 0 saturated carbocycles. The molecule has 1 saturated heterocycles. The average molecular weight is 281 g/mol. The maximum atomic E-state index is 10.1. The Morgan fingerprint density at radius 3 is 2.90 bits per heavy atom. The minimum Gasteiger partial charge on any atom is -0.387 e. The van der Waals surface area contributed by atoms with Gasteiger partial charge in [-0.2, -0.15) is 0 Å². The minimum atomic E-state index is -1.11. The molecule has 4 atom stereocenters. The van der Waals surface area contributed by atoms with Gasteiger partial charge in [0.25, 0.3) is 0 Å². The van der Waals surface area contributed by atoms with Crippen molar-refractivity contribution in [3.63, 3.8) is 0 Å². The van der Waals surface area contributed by atoms with Crippen LogP contribution in [0.4, 0.5) is 5.82 Å². The van der Waals surface area contributed by atoms with E-state index in [0.29, 0.717) is 11.2 Å². The standard InChI is InChI=1S/C11H15N5O4/c1-19-2-5-7(17)8(18)11(20-5)16-4-15-6-9(12)13-3-14-10(6)16/h3-5,7-8,11,17-18H,2H2,1H3,(H2,12,13,14)/t5-,7?,8?,11-/m1/s1. The summed E-state index contributed by atoms with van der Waals surface area (Å²) in [4.78, 5) is 12.0. The summed E-state index contributed by atoms with van der Waals surface area (Å²) in [5.74, 6) is 0.246. The van der Waals surface area contributed by atoms with Crippen LogP contribution in [0.3, 0.4) is 0 Å². The number of fused-ring (bicyclic) bond motifs is 1. The van der Waals surface area contributed by atoms with E-state index in [9.17, 15) is 10.2 Å². The van der Waals surface area contributed by atoms with E-state index in [2.05, 4.69) is 15.0 Å². The average Bonchev–Trinajstić information content (AvgIpc) is 2.97. The van der Waals surface area contributed by atoms with Gasteiger partial charge in [0.15, 0.2) is 17.7 Å². The SMILES string of the molecule is COC[C@H]1O[C@@H](n2cnc3c(N)ncnc32)C(O)C1O. The van der Waals surface area contributed by atoms with Crippen LogP contribution in [0.2, 0.25) is 0 Å². The second kappa shape index (κ2) is 4.94. The normalized spacial score (nSPS) is 30.1. The number of imidazole rings is 1. The zero-order chi connectivity index (χ0) is 14.3. The molecule has 9 nitrogen and oxygen atoms in total. The van der Waals surface area contributed by atoms with E-state index in [1.165, 1.54) is 24.3 Å². The molecule has 2 aromatic rings. The number of methoxy groups -OCH3 is 1. The summed E-state index contributed by atoms with van der Waals surface area (Å²) in [6, 6.07) is 0. The fourth-order valence-electron chi connectivity index (χ4n) is 2.32. The predicted octanol–water partition coefficient (Wildman–Crippen LogP) is -1.33. The van der Waals surface area contributed by atoms with Gasteiger partial charge in [0.2, 0.25) is 0 Å². The fraction of sp³-hybridized carbons (Fsp3) is 0.545. The van der Waals surface area contributed by atoms with Crippen molar-refractivity contribution >= 4 is 17.0 Å². The third kappa shape index (κ3) is 1.91. The number of hydrogen-bond donors (Lipinski definition) is 3. The van der Waals surface area contributed by atoms with E-state index in [1.54, 1.807) is 0 Å². The molecular weight excluding hydrogens is 266 g/mol. The molecule has 0 radical (unpaired) electrons. The number of aliphatic hydroxyl groups excluding tert-OH is 2. The van der Waals surface area contributed by atoms with Crippen molar-refractivity contribution < 1.29 is 19.7 Å². The van der Waals surface area contributed by atoms with Gasteiger partial charge in [0.1, 0.15) is 30.2 Å². The van der Waals surface area contributed by atoms with Crippen LogP contribution in [-0.2, 0) is 9.47 Å². The van der Waals surface area contributed by atoms with Crippen molar-refractivity contribution in [2.75, 3.05) is 19.5 Å². The van der Waals surface area contributed by atoms with Gasteiger partial charge in [-0.15, -0.1) is 0 Å². The van der Waals surface area contributed by atoms with Crippen molar-refractivity contribution in [2.24, 2.45) is 0 Å². The lowest BCUT2D eigenvalue weighted by Gasteiger charge is -2.16. The van der Waals surface area contributed by atoms with Gasteiger partial charge >= 0.3 is 0 Å². The summed E-state index contributed by atoms with van der Waals surface area (Å²) in [5, 5.41) is 20.0. The highest BCUT2D eigenvalue weighted by Crippen LogP contribution is 2.31. The van der Waals surface area contributed by atoms with Crippen LogP contribution in [0.5, 0.6) is 0 Å². The molecule has 0 aliphatic carbocycles. The highest BCUT2D eigenvalue weighted by atomic mass is 16.6. The van der Waals surface area contributed by atoms with Crippen LogP contribution in [-0.4, -0.2) is 61.8 Å². The number of hydrogen-bond acceptors (Lipinski definition) is 8. The highest BCUT2D eigenvalue weighted by molar-refractivity contribution is 5.81. The van der Waals surface area contributed by atoms with Crippen LogP contribution in [0.25, 0.3) is 11.2 Å². The Balaban J connectivity index is 1.97. The first-order chi connectivity index (χ1) is 9.63. The maximum absolute atomic E-state index is 10.1. The van der Waals surface area contributed by atoms with E-state index in [-0.39, 0.29) is 12.4 Å². The molecule has 0 amide bonds. The molecule has 108 valence electrons. The molecule has 0 spiro atoms. The second-order valence-corrected chi connectivity index (χ2v) is 4.58. The van der Waals surface area contributed by atoms with E-state index < -0.39 is 24.5 Å². The monoisotopic (exact) mass is 281 g/mol. The first-order valence-corrected chi connectivity index (χ1v) is 6.07. The zero-order valence-corrected chi connectivity index (χ0v) is 10.7. The lowest BCUT2D eigenvalue weighted by atomic mass is 10.1. The number of nitrogens with two attached hydrogens (primary N) is 1. The smallest absolute Gasteiger partial charge is 0.167 e. The lowest BCUT2D eigenvalue weighted by Crippen LogP contribution is -2.33. The van der Waals surface area contributed by atoms with Crippen LogP contribution >= 0.6 is 0 Å². The Bertz CT molecular complexity index is 618. The number of aliphatic hydroxyl groups is 2. The van der Waals surface area contributed by atoms with Crippen LogP contribution in [0.1, 0.15) is 6.23 Å². The van der Waals surface area contributed by atoms with Gasteiger partial charge in [-0.25, -0.2) is 15.0 Å². The van der Waals surface area contributed by atoms with Crippen molar-refractivity contribution in [2.45, 2.75) is 24.5 Å². The predicted molar refractivity (Wildman–Crippen MR) is 67.5 cm³/mol. The van der Waals surface area contributed by atoms with Crippen LogP contribution in [0, 0.1) is 0 Å². The Morgan fingerprint density at radius 2 is 2.15 bits per heavy atom. The third-order valence-corrected chi connectivity index (χ3v) is 3.33. The Kier molecular flexibility index (Phi) is 3.26. The van der Waals surface area contributed by atoms with Crippen molar-refractivity contribution in [3.05, 3.63) is 12.7 Å². The highest BCUT2D eigenvalue weighted by Gasteiger charge is 2.44. The summed E-state index contributed by atoms with van der Waals surface area (Å²) < 4.78 is 12.1. The Hall–Kier alpha value is -1.81. The number of rotatable bonds is 3. The number of anilines is 1.